The SMILES string of the molecule is CCCOc1ccc(CO)cc1C(C)c1ccccc1. The van der Waals surface area contributed by atoms with E-state index in [1.165, 1.54) is 5.56 Å². The van der Waals surface area contributed by atoms with Gasteiger partial charge in [-0.05, 0) is 29.7 Å². The van der Waals surface area contributed by atoms with Crippen LogP contribution in [0.5, 0.6) is 5.75 Å². The van der Waals surface area contributed by atoms with E-state index in [9.17, 15) is 5.11 Å². The van der Waals surface area contributed by atoms with E-state index in [1.807, 2.05) is 36.4 Å². The molecule has 0 aliphatic carbocycles. The lowest BCUT2D eigenvalue weighted by atomic mass is 9.91. The quantitative estimate of drug-likeness (QED) is 0.855. The van der Waals surface area contributed by atoms with Crippen LogP contribution in [0, 0.1) is 0 Å². The molecule has 0 aliphatic rings. The summed E-state index contributed by atoms with van der Waals surface area (Å²) >= 11 is 0. The van der Waals surface area contributed by atoms with Crippen molar-refractivity contribution < 1.29 is 9.84 Å². The lowest BCUT2D eigenvalue weighted by Crippen LogP contribution is -2.04. The summed E-state index contributed by atoms with van der Waals surface area (Å²) in [7, 11) is 0. The Morgan fingerprint density at radius 1 is 1.10 bits per heavy atom. The first-order chi connectivity index (χ1) is 9.76. The number of hydrogen-bond donors (Lipinski definition) is 1. The van der Waals surface area contributed by atoms with Crippen molar-refractivity contribution in [3.63, 3.8) is 0 Å². The average molecular weight is 270 g/mol. The van der Waals surface area contributed by atoms with Gasteiger partial charge in [0.25, 0.3) is 0 Å². The molecule has 0 fully saturated rings. The Morgan fingerprint density at radius 3 is 2.50 bits per heavy atom. The van der Waals surface area contributed by atoms with Gasteiger partial charge in [0.05, 0.1) is 13.2 Å². The highest BCUT2D eigenvalue weighted by molar-refractivity contribution is 5.44. The van der Waals surface area contributed by atoms with Crippen LogP contribution in [0.4, 0.5) is 0 Å². The zero-order chi connectivity index (χ0) is 14.4. The Bertz CT molecular complexity index is 534. The van der Waals surface area contributed by atoms with Gasteiger partial charge in [-0.25, -0.2) is 0 Å². The molecule has 2 aromatic rings. The predicted octanol–water partition coefficient (Wildman–Crippen LogP) is 4.12. The fourth-order valence-corrected chi connectivity index (χ4v) is 2.30. The lowest BCUT2D eigenvalue weighted by Gasteiger charge is -2.18. The van der Waals surface area contributed by atoms with Gasteiger partial charge in [0.2, 0.25) is 0 Å². The van der Waals surface area contributed by atoms with Crippen LogP contribution < -0.4 is 4.74 Å². The molecule has 0 bridgehead atoms. The van der Waals surface area contributed by atoms with Gasteiger partial charge in [-0.3, -0.25) is 0 Å². The van der Waals surface area contributed by atoms with E-state index in [-0.39, 0.29) is 12.5 Å². The molecule has 0 aromatic heterocycles. The topological polar surface area (TPSA) is 29.5 Å². The van der Waals surface area contributed by atoms with Crippen molar-refractivity contribution in [2.45, 2.75) is 32.8 Å². The van der Waals surface area contributed by atoms with Crippen molar-refractivity contribution in [3.8, 4) is 5.75 Å². The Balaban J connectivity index is 2.36. The van der Waals surface area contributed by atoms with Crippen LogP contribution in [-0.2, 0) is 6.61 Å². The van der Waals surface area contributed by atoms with E-state index in [4.69, 9.17) is 4.74 Å². The van der Waals surface area contributed by atoms with E-state index in [1.54, 1.807) is 0 Å². The predicted molar refractivity (Wildman–Crippen MR) is 82.1 cm³/mol. The van der Waals surface area contributed by atoms with Crippen molar-refractivity contribution in [1.82, 2.24) is 0 Å². The fourth-order valence-electron chi connectivity index (χ4n) is 2.30. The number of rotatable bonds is 6. The maximum atomic E-state index is 9.34. The Kier molecular flexibility index (Phi) is 5.19. The highest BCUT2D eigenvalue weighted by Gasteiger charge is 2.14. The molecule has 0 heterocycles. The number of benzene rings is 2. The molecule has 1 atom stereocenters. The molecule has 0 saturated carbocycles. The van der Waals surface area contributed by atoms with Gasteiger partial charge in [-0.1, -0.05) is 50.2 Å². The molecule has 2 nitrogen and oxygen atoms in total. The minimum Gasteiger partial charge on any atom is -0.493 e. The average Bonchev–Trinajstić information content (AvgIpc) is 2.53. The molecule has 2 heteroatoms. The van der Waals surface area contributed by atoms with Gasteiger partial charge < -0.3 is 9.84 Å². The first-order valence-corrected chi connectivity index (χ1v) is 7.17. The van der Waals surface area contributed by atoms with Crippen molar-refractivity contribution >= 4 is 0 Å². The number of aliphatic hydroxyl groups excluding tert-OH is 1. The number of ether oxygens (including phenoxy) is 1. The third-order valence-electron chi connectivity index (χ3n) is 3.48. The summed E-state index contributed by atoms with van der Waals surface area (Å²) in [6.07, 6.45) is 0.987. The van der Waals surface area contributed by atoms with Crippen LogP contribution in [-0.4, -0.2) is 11.7 Å². The second-order valence-corrected chi connectivity index (χ2v) is 5.01. The van der Waals surface area contributed by atoms with Crippen molar-refractivity contribution in [2.75, 3.05) is 6.61 Å². The maximum Gasteiger partial charge on any atom is 0.123 e. The molecule has 0 aliphatic heterocycles. The molecule has 0 amide bonds. The Labute approximate surface area is 121 Å². The highest BCUT2D eigenvalue weighted by atomic mass is 16.5. The second-order valence-electron chi connectivity index (χ2n) is 5.01. The molecule has 0 spiro atoms. The van der Waals surface area contributed by atoms with E-state index < -0.39 is 0 Å². The molecule has 106 valence electrons. The molecule has 1 N–H and O–H groups in total. The molecular weight excluding hydrogens is 248 g/mol. The molecule has 2 aromatic carbocycles. The summed E-state index contributed by atoms with van der Waals surface area (Å²) in [5.41, 5.74) is 3.31. The second kappa shape index (κ2) is 7.11. The third-order valence-corrected chi connectivity index (χ3v) is 3.48. The van der Waals surface area contributed by atoms with Crippen LogP contribution in [0.3, 0.4) is 0 Å². The standard InChI is InChI=1S/C18H22O2/c1-3-11-20-18-10-9-15(13-19)12-17(18)14(2)16-7-5-4-6-8-16/h4-10,12,14,19H,3,11,13H2,1-2H3. The van der Waals surface area contributed by atoms with Gasteiger partial charge in [0.15, 0.2) is 0 Å². The molecule has 1 unspecified atom stereocenters. The zero-order valence-electron chi connectivity index (χ0n) is 12.2. The fraction of sp³-hybridized carbons (Fsp3) is 0.333. The molecule has 20 heavy (non-hydrogen) atoms. The van der Waals surface area contributed by atoms with Crippen molar-refractivity contribution in [2.24, 2.45) is 0 Å². The smallest absolute Gasteiger partial charge is 0.123 e. The van der Waals surface area contributed by atoms with Crippen LogP contribution in [0.1, 0.15) is 42.9 Å². The summed E-state index contributed by atoms with van der Waals surface area (Å²) < 4.78 is 5.85. The van der Waals surface area contributed by atoms with Crippen LogP contribution >= 0.6 is 0 Å². The zero-order valence-corrected chi connectivity index (χ0v) is 12.2. The van der Waals surface area contributed by atoms with Crippen LogP contribution in [0.25, 0.3) is 0 Å². The molecule has 2 rings (SSSR count). The minimum atomic E-state index is 0.0581. The number of aliphatic hydroxyl groups is 1. The van der Waals surface area contributed by atoms with E-state index in [2.05, 4.69) is 26.0 Å². The molecular formula is C18H22O2. The van der Waals surface area contributed by atoms with Gasteiger partial charge >= 0.3 is 0 Å². The molecule has 0 radical (unpaired) electrons. The first kappa shape index (κ1) is 14.6. The van der Waals surface area contributed by atoms with Gasteiger partial charge in [0, 0.05) is 11.5 Å². The Hall–Kier alpha value is -1.80. The summed E-state index contributed by atoms with van der Waals surface area (Å²) in [6, 6.07) is 16.3. The van der Waals surface area contributed by atoms with Gasteiger partial charge in [-0.2, -0.15) is 0 Å². The summed E-state index contributed by atoms with van der Waals surface area (Å²) in [4.78, 5) is 0. The Morgan fingerprint density at radius 2 is 1.85 bits per heavy atom. The molecule has 0 saturated heterocycles. The van der Waals surface area contributed by atoms with Crippen LogP contribution in [0.2, 0.25) is 0 Å². The third kappa shape index (κ3) is 3.40. The summed E-state index contributed by atoms with van der Waals surface area (Å²) in [5.74, 6) is 1.16. The summed E-state index contributed by atoms with van der Waals surface area (Å²) in [5, 5.41) is 9.34. The number of hydrogen-bond acceptors (Lipinski definition) is 2. The minimum absolute atomic E-state index is 0.0581. The largest absolute Gasteiger partial charge is 0.493 e. The first-order valence-electron chi connectivity index (χ1n) is 7.17. The highest BCUT2D eigenvalue weighted by Crippen LogP contribution is 2.32. The lowest BCUT2D eigenvalue weighted by molar-refractivity contribution is 0.280. The van der Waals surface area contributed by atoms with E-state index >= 15 is 0 Å². The van der Waals surface area contributed by atoms with Gasteiger partial charge in [-0.15, -0.1) is 0 Å². The normalized spacial score (nSPS) is 12.2. The monoisotopic (exact) mass is 270 g/mol. The van der Waals surface area contributed by atoms with E-state index in [0.717, 1.165) is 23.3 Å². The maximum absolute atomic E-state index is 9.34. The van der Waals surface area contributed by atoms with E-state index in [0.29, 0.717) is 6.61 Å². The van der Waals surface area contributed by atoms with Crippen molar-refractivity contribution in [3.05, 3.63) is 65.2 Å². The van der Waals surface area contributed by atoms with Crippen LogP contribution in [0.15, 0.2) is 48.5 Å². The van der Waals surface area contributed by atoms with Gasteiger partial charge in [0.1, 0.15) is 5.75 Å². The summed E-state index contributed by atoms with van der Waals surface area (Å²) in [6.45, 7) is 5.04. The van der Waals surface area contributed by atoms with Crippen molar-refractivity contribution in [1.29, 1.82) is 0 Å².